The molecule has 3 rings (SSSR count). The highest BCUT2D eigenvalue weighted by Crippen LogP contribution is 2.50. The van der Waals surface area contributed by atoms with E-state index in [2.05, 4.69) is 5.10 Å². The molecule has 1 saturated carbocycles. The van der Waals surface area contributed by atoms with Crippen LogP contribution in [0.2, 0.25) is 0 Å². The van der Waals surface area contributed by atoms with Gasteiger partial charge < -0.3 is 0 Å². The lowest BCUT2D eigenvalue weighted by Gasteiger charge is -2.08. The van der Waals surface area contributed by atoms with Crippen LogP contribution in [-0.4, -0.2) is 16.0 Å². The molecule has 0 radical (unpaired) electrons. The van der Waals surface area contributed by atoms with E-state index in [0.717, 1.165) is 24.8 Å². The molecule has 132 valence electrons. The van der Waals surface area contributed by atoms with E-state index in [-0.39, 0.29) is 16.8 Å². The van der Waals surface area contributed by atoms with Crippen LogP contribution >= 0.6 is 0 Å². The Kier molecular flexibility index (Phi) is 4.04. The third-order valence-corrected chi connectivity index (χ3v) is 4.38. The number of benzene rings is 1. The number of halogens is 6. The van der Waals surface area contributed by atoms with Gasteiger partial charge in [-0.1, -0.05) is 31.9 Å². The molecular weight excluding hydrogens is 334 g/mol. The van der Waals surface area contributed by atoms with Crippen molar-refractivity contribution >= 4 is 10.9 Å². The summed E-state index contributed by atoms with van der Waals surface area (Å²) in [6.07, 6.45) is -6.48. The normalized spacial score (nSPS) is 21.5. The van der Waals surface area contributed by atoms with Crippen LogP contribution in [0, 0.1) is 5.92 Å². The minimum Gasteiger partial charge on any atom is -0.255 e. The van der Waals surface area contributed by atoms with E-state index in [9.17, 15) is 26.3 Å². The van der Waals surface area contributed by atoms with Gasteiger partial charge >= 0.3 is 12.4 Å². The second-order valence-corrected chi connectivity index (χ2v) is 6.29. The fraction of sp³-hybridized carbons (Fsp3) is 0.562. The van der Waals surface area contributed by atoms with Crippen molar-refractivity contribution in [3.8, 4) is 0 Å². The lowest BCUT2D eigenvalue weighted by atomic mass is 10.0. The molecule has 1 aliphatic carbocycles. The fourth-order valence-corrected chi connectivity index (χ4v) is 3.27. The molecule has 2 aromatic rings. The first-order chi connectivity index (χ1) is 11.1. The predicted molar refractivity (Wildman–Crippen MR) is 76.5 cm³/mol. The van der Waals surface area contributed by atoms with Crippen molar-refractivity contribution in [1.29, 1.82) is 0 Å². The van der Waals surface area contributed by atoms with Gasteiger partial charge in [-0.2, -0.15) is 31.4 Å². The molecule has 0 unspecified atom stereocenters. The molecular formula is C16H16F6N2. The number of hydrogen-bond acceptors (Lipinski definition) is 1. The van der Waals surface area contributed by atoms with Gasteiger partial charge in [-0.25, -0.2) is 0 Å². The van der Waals surface area contributed by atoms with Gasteiger partial charge in [-0.05, 0) is 29.9 Å². The Morgan fingerprint density at radius 3 is 2.46 bits per heavy atom. The van der Waals surface area contributed by atoms with Gasteiger partial charge in [-0.3, -0.25) is 4.68 Å². The third kappa shape index (κ3) is 3.37. The fourth-order valence-electron chi connectivity index (χ4n) is 3.27. The first-order valence-electron chi connectivity index (χ1n) is 7.74. The van der Waals surface area contributed by atoms with Gasteiger partial charge in [0.05, 0.1) is 5.52 Å². The molecule has 24 heavy (non-hydrogen) atoms. The molecule has 1 fully saturated rings. The van der Waals surface area contributed by atoms with Crippen molar-refractivity contribution < 1.29 is 26.3 Å². The largest absolute Gasteiger partial charge is 0.435 e. The summed E-state index contributed by atoms with van der Waals surface area (Å²) in [5, 5.41) is 2.91. The molecule has 0 saturated heterocycles. The molecule has 0 aliphatic heterocycles. The van der Waals surface area contributed by atoms with E-state index in [1.54, 1.807) is 6.07 Å². The number of nitrogens with zero attached hydrogens (tertiary/aromatic N) is 2. The van der Waals surface area contributed by atoms with Crippen molar-refractivity contribution in [2.75, 3.05) is 0 Å². The average molecular weight is 350 g/mol. The Labute approximate surface area is 134 Å². The third-order valence-electron chi connectivity index (χ3n) is 4.38. The molecule has 1 aromatic heterocycles. The summed E-state index contributed by atoms with van der Waals surface area (Å²) < 4.78 is 77.5. The van der Waals surface area contributed by atoms with Crippen molar-refractivity contribution in [1.82, 2.24) is 9.78 Å². The van der Waals surface area contributed by atoms with Crippen molar-refractivity contribution in [2.24, 2.45) is 5.92 Å². The monoisotopic (exact) mass is 350 g/mol. The van der Waals surface area contributed by atoms with Crippen LogP contribution in [0.3, 0.4) is 0 Å². The molecule has 0 N–H and O–H groups in total. The molecule has 0 bridgehead atoms. The minimum atomic E-state index is -4.79. The highest BCUT2D eigenvalue weighted by Gasteiger charge is 2.40. The second-order valence-electron chi connectivity index (χ2n) is 6.29. The van der Waals surface area contributed by atoms with Crippen LogP contribution < -0.4 is 0 Å². The number of alkyl halides is 6. The van der Waals surface area contributed by atoms with Crippen LogP contribution in [0.1, 0.15) is 43.4 Å². The van der Waals surface area contributed by atoms with Gasteiger partial charge in [0.2, 0.25) is 0 Å². The SMILES string of the molecule is CCC[C@H]1C[C@@H]1c1ccc2c(C(F)(F)F)nn(CC(F)(F)F)c2c1. The van der Waals surface area contributed by atoms with E-state index < -0.39 is 24.6 Å². The number of aromatic nitrogens is 2. The van der Waals surface area contributed by atoms with Crippen LogP contribution in [-0.2, 0) is 12.7 Å². The van der Waals surface area contributed by atoms with Crippen LogP contribution in [0.25, 0.3) is 10.9 Å². The molecule has 2 nitrogen and oxygen atoms in total. The first-order valence-corrected chi connectivity index (χ1v) is 7.74. The molecule has 8 heteroatoms. The Morgan fingerprint density at radius 1 is 1.17 bits per heavy atom. The maximum atomic E-state index is 13.0. The number of fused-ring (bicyclic) bond motifs is 1. The van der Waals surface area contributed by atoms with Gasteiger partial charge in [0.1, 0.15) is 6.54 Å². The van der Waals surface area contributed by atoms with Gasteiger partial charge in [0.15, 0.2) is 5.69 Å². The summed E-state index contributed by atoms with van der Waals surface area (Å²) in [4.78, 5) is 0. The van der Waals surface area contributed by atoms with Crippen LogP contribution in [0.4, 0.5) is 26.3 Å². The molecule has 1 heterocycles. The second kappa shape index (κ2) is 5.67. The number of hydrogen-bond donors (Lipinski definition) is 0. The van der Waals surface area contributed by atoms with E-state index >= 15 is 0 Å². The molecule has 1 aromatic carbocycles. The smallest absolute Gasteiger partial charge is 0.255 e. The number of rotatable bonds is 4. The summed E-state index contributed by atoms with van der Waals surface area (Å²) in [5.74, 6) is 0.687. The Morgan fingerprint density at radius 2 is 1.88 bits per heavy atom. The average Bonchev–Trinajstić information content (AvgIpc) is 3.11. The van der Waals surface area contributed by atoms with Crippen LogP contribution in [0.5, 0.6) is 0 Å². The molecule has 1 aliphatic rings. The van der Waals surface area contributed by atoms with Gasteiger partial charge in [0, 0.05) is 5.39 Å². The highest BCUT2D eigenvalue weighted by atomic mass is 19.4. The summed E-state index contributed by atoms with van der Waals surface area (Å²) in [5.41, 5.74) is -0.591. The first kappa shape index (κ1) is 17.1. The van der Waals surface area contributed by atoms with Gasteiger partial charge in [-0.15, -0.1) is 0 Å². The zero-order valence-corrected chi connectivity index (χ0v) is 12.9. The van der Waals surface area contributed by atoms with Crippen molar-refractivity contribution in [3.05, 3.63) is 29.5 Å². The predicted octanol–water partition coefficient (Wildman–Crippen LogP) is 5.52. The molecule has 2 atom stereocenters. The van der Waals surface area contributed by atoms with E-state index in [4.69, 9.17) is 0 Å². The Bertz CT molecular complexity index is 743. The van der Waals surface area contributed by atoms with E-state index in [0.29, 0.717) is 10.6 Å². The van der Waals surface area contributed by atoms with Crippen molar-refractivity contribution in [2.45, 2.75) is 51.0 Å². The van der Waals surface area contributed by atoms with Crippen LogP contribution in [0.15, 0.2) is 18.2 Å². The lowest BCUT2D eigenvalue weighted by Crippen LogP contribution is -2.19. The highest BCUT2D eigenvalue weighted by molar-refractivity contribution is 5.83. The lowest BCUT2D eigenvalue weighted by molar-refractivity contribution is -0.148. The standard InChI is InChI=1S/C16H16F6N2/c1-2-3-9-6-12(9)10-4-5-11-13(7-10)24(8-15(17,18)19)23-14(11)16(20,21)22/h4-5,7,9,12H,2-3,6,8H2,1H3/t9-,12-/m0/s1. The Hall–Kier alpha value is -1.73. The zero-order valence-electron chi connectivity index (χ0n) is 12.9. The summed E-state index contributed by atoms with van der Waals surface area (Å²) in [6.45, 7) is 0.513. The van der Waals surface area contributed by atoms with Gasteiger partial charge in [0.25, 0.3) is 0 Å². The quantitative estimate of drug-likeness (QED) is 0.664. The maximum absolute atomic E-state index is 13.0. The summed E-state index contributed by atoms with van der Waals surface area (Å²) in [7, 11) is 0. The maximum Gasteiger partial charge on any atom is 0.435 e. The Balaban J connectivity index is 2.04. The summed E-state index contributed by atoms with van der Waals surface area (Å²) in [6, 6.07) is 4.26. The topological polar surface area (TPSA) is 17.8 Å². The zero-order chi connectivity index (χ0) is 17.7. The van der Waals surface area contributed by atoms with E-state index in [1.807, 2.05) is 6.92 Å². The summed E-state index contributed by atoms with van der Waals surface area (Å²) >= 11 is 0. The molecule has 0 spiro atoms. The minimum absolute atomic E-state index is 0.112. The van der Waals surface area contributed by atoms with E-state index in [1.165, 1.54) is 12.1 Å². The van der Waals surface area contributed by atoms with Crippen molar-refractivity contribution in [3.63, 3.8) is 0 Å². The molecule has 0 amide bonds.